The molecule has 0 radical (unpaired) electrons. The Morgan fingerprint density at radius 1 is 1.50 bits per heavy atom. The van der Waals surface area contributed by atoms with Gasteiger partial charge in [0.05, 0.1) is 16.5 Å². The van der Waals surface area contributed by atoms with Gasteiger partial charge in [-0.1, -0.05) is 13.0 Å². The monoisotopic (exact) mass is 221 g/mol. The first-order valence-corrected chi connectivity index (χ1v) is 5.07. The number of aromatic nitrogens is 1. The number of carboxylic acid groups (broad SMARTS) is 1. The Balaban J connectivity index is 2.99. The summed E-state index contributed by atoms with van der Waals surface area (Å²) in [5.74, 6) is -1.56. The Labute approximate surface area is 92.1 Å². The van der Waals surface area contributed by atoms with Crippen LogP contribution >= 0.6 is 0 Å². The van der Waals surface area contributed by atoms with E-state index in [0.29, 0.717) is 17.6 Å². The minimum Gasteiger partial charge on any atom is -0.478 e. The number of aryl methyl sites for hydroxylation is 1. The normalized spacial score (nSPS) is 10.9. The molecule has 1 heterocycles. The lowest BCUT2D eigenvalue weighted by atomic mass is 10.1. The lowest BCUT2D eigenvalue weighted by Gasteiger charge is -2.01. The first-order chi connectivity index (χ1) is 7.57. The second-order valence-electron chi connectivity index (χ2n) is 3.67. The molecule has 0 aliphatic rings. The van der Waals surface area contributed by atoms with E-state index in [1.54, 1.807) is 23.7 Å². The number of carbonyl (C=O) groups is 1. The second kappa shape index (κ2) is 3.63. The fourth-order valence-electron chi connectivity index (χ4n) is 2.14. The maximum Gasteiger partial charge on any atom is 0.338 e. The van der Waals surface area contributed by atoms with Gasteiger partial charge in [-0.2, -0.15) is 0 Å². The summed E-state index contributed by atoms with van der Waals surface area (Å²) in [6.07, 6.45) is 0.562. The summed E-state index contributed by atoms with van der Waals surface area (Å²) in [5, 5.41) is 9.36. The van der Waals surface area contributed by atoms with Crippen molar-refractivity contribution >= 4 is 16.9 Å². The highest BCUT2D eigenvalue weighted by atomic mass is 19.1. The van der Waals surface area contributed by atoms with Crippen molar-refractivity contribution in [3.63, 3.8) is 0 Å². The topological polar surface area (TPSA) is 42.2 Å². The third kappa shape index (κ3) is 1.30. The maximum absolute atomic E-state index is 13.7. The van der Waals surface area contributed by atoms with Gasteiger partial charge in [0.25, 0.3) is 0 Å². The van der Waals surface area contributed by atoms with E-state index in [1.165, 1.54) is 6.07 Å². The summed E-state index contributed by atoms with van der Waals surface area (Å²) < 4.78 is 15.4. The van der Waals surface area contributed by atoms with Crippen LogP contribution in [0, 0.1) is 5.82 Å². The number of halogens is 1. The summed E-state index contributed by atoms with van der Waals surface area (Å²) in [4.78, 5) is 11.2. The third-order valence-electron chi connectivity index (χ3n) is 2.85. The van der Waals surface area contributed by atoms with Crippen LogP contribution in [0.25, 0.3) is 10.9 Å². The van der Waals surface area contributed by atoms with Crippen molar-refractivity contribution < 1.29 is 14.3 Å². The third-order valence-corrected chi connectivity index (χ3v) is 2.85. The number of benzene rings is 1. The quantitative estimate of drug-likeness (QED) is 0.846. The van der Waals surface area contributed by atoms with E-state index in [9.17, 15) is 9.18 Å². The minimum absolute atomic E-state index is 0.0816. The van der Waals surface area contributed by atoms with Crippen LogP contribution in [0.1, 0.15) is 23.0 Å². The molecule has 0 aliphatic heterocycles. The van der Waals surface area contributed by atoms with E-state index in [2.05, 4.69) is 0 Å². The highest BCUT2D eigenvalue weighted by Crippen LogP contribution is 2.28. The Bertz CT molecular complexity index is 572. The Hall–Kier alpha value is -1.84. The summed E-state index contributed by atoms with van der Waals surface area (Å²) in [7, 11) is 1.76. The van der Waals surface area contributed by atoms with Crippen LogP contribution in [-0.4, -0.2) is 15.6 Å². The van der Waals surface area contributed by atoms with Gasteiger partial charge >= 0.3 is 5.97 Å². The van der Waals surface area contributed by atoms with Crippen molar-refractivity contribution in [1.82, 2.24) is 4.57 Å². The predicted octanol–water partition coefficient (Wildman–Crippen LogP) is 2.58. The van der Waals surface area contributed by atoms with Crippen molar-refractivity contribution in [2.24, 2.45) is 7.05 Å². The number of carboxylic acids is 1. The molecule has 3 nitrogen and oxygen atoms in total. The predicted molar refractivity (Wildman–Crippen MR) is 59.2 cm³/mol. The van der Waals surface area contributed by atoms with Gasteiger partial charge in [-0.25, -0.2) is 9.18 Å². The molecule has 2 aromatic rings. The molecule has 1 aromatic heterocycles. The van der Waals surface area contributed by atoms with Gasteiger partial charge in [-0.3, -0.25) is 0 Å². The van der Waals surface area contributed by atoms with Gasteiger partial charge in [0.1, 0.15) is 5.82 Å². The maximum atomic E-state index is 13.7. The molecule has 1 aromatic carbocycles. The van der Waals surface area contributed by atoms with Gasteiger partial charge in [0.15, 0.2) is 0 Å². The van der Waals surface area contributed by atoms with E-state index >= 15 is 0 Å². The molecule has 84 valence electrons. The molecule has 0 amide bonds. The lowest BCUT2D eigenvalue weighted by Crippen LogP contribution is -2.03. The molecule has 0 atom stereocenters. The zero-order valence-corrected chi connectivity index (χ0v) is 9.12. The summed E-state index contributed by atoms with van der Waals surface area (Å²) in [5.41, 5.74) is 1.35. The number of hydrogen-bond donors (Lipinski definition) is 1. The van der Waals surface area contributed by atoms with Crippen LogP contribution in [-0.2, 0) is 13.5 Å². The van der Waals surface area contributed by atoms with Gasteiger partial charge in [0.2, 0.25) is 0 Å². The number of fused-ring (bicyclic) bond motifs is 1. The second-order valence-corrected chi connectivity index (χ2v) is 3.67. The van der Waals surface area contributed by atoms with Crippen molar-refractivity contribution in [3.8, 4) is 0 Å². The molecule has 0 fully saturated rings. The number of aromatic carboxylic acids is 1. The van der Waals surface area contributed by atoms with Gasteiger partial charge in [-0.05, 0) is 18.6 Å². The van der Waals surface area contributed by atoms with E-state index in [4.69, 9.17) is 5.11 Å². The standard InChI is InChI=1S/C12H12FNO2/c1-3-8-11(12(15)16)10-7(13)5-4-6-9(10)14(8)2/h4-6H,3H2,1-2H3,(H,15,16). The van der Waals surface area contributed by atoms with E-state index in [1.807, 2.05) is 6.92 Å². The fraction of sp³-hybridized carbons (Fsp3) is 0.250. The molecule has 0 unspecified atom stereocenters. The first-order valence-electron chi connectivity index (χ1n) is 5.07. The van der Waals surface area contributed by atoms with E-state index in [-0.39, 0.29) is 10.9 Å². The van der Waals surface area contributed by atoms with Crippen molar-refractivity contribution in [1.29, 1.82) is 0 Å². The Morgan fingerprint density at radius 3 is 2.75 bits per heavy atom. The number of rotatable bonds is 2. The van der Waals surface area contributed by atoms with Crippen molar-refractivity contribution in [2.75, 3.05) is 0 Å². The summed E-state index contributed by atoms with van der Waals surface area (Å²) in [6.45, 7) is 1.86. The Morgan fingerprint density at radius 2 is 2.19 bits per heavy atom. The van der Waals surface area contributed by atoms with E-state index in [0.717, 1.165) is 0 Å². The molecule has 0 bridgehead atoms. The van der Waals surface area contributed by atoms with Gasteiger partial charge in [-0.15, -0.1) is 0 Å². The van der Waals surface area contributed by atoms with Crippen molar-refractivity contribution in [3.05, 3.63) is 35.3 Å². The number of nitrogens with zero attached hydrogens (tertiary/aromatic N) is 1. The molecule has 16 heavy (non-hydrogen) atoms. The van der Waals surface area contributed by atoms with Crippen LogP contribution in [0.3, 0.4) is 0 Å². The lowest BCUT2D eigenvalue weighted by molar-refractivity contribution is 0.0697. The molecular formula is C12H12FNO2. The fourth-order valence-corrected chi connectivity index (χ4v) is 2.14. The highest BCUT2D eigenvalue weighted by Gasteiger charge is 2.21. The first kappa shape index (κ1) is 10.7. The van der Waals surface area contributed by atoms with Crippen LogP contribution in [0.5, 0.6) is 0 Å². The molecule has 4 heteroatoms. The minimum atomic E-state index is -1.08. The molecule has 1 N–H and O–H groups in total. The Kier molecular flexibility index (Phi) is 2.42. The SMILES string of the molecule is CCc1c(C(=O)O)c2c(F)cccc2n1C. The van der Waals surface area contributed by atoms with Crippen molar-refractivity contribution in [2.45, 2.75) is 13.3 Å². The van der Waals surface area contributed by atoms with Gasteiger partial charge < -0.3 is 9.67 Å². The molecule has 0 saturated heterocycles. The van der Waals surface area contributed by atoms with Crippen LogP contribution < -0.4 is 0 Å². The average molecular weight is 221 g/mol. The summed E-state index contributed by atoms with van der Waals surface area (Å²) in [6, 6.07) is 4.60. The molecule has 0 spiro atoms. The smallest absolute Gasteiger partial charge is 0.338 e. The highest BCUT2D eigenvalue weighted by molar-refractivity contribution is 6.05. The molecule has 2 rings (SSSR count). The van der Waals surface area contributed by atoms with Crippen LogP contribution in [0.2, 0.25) is 0 Å². The average Bonchev–Trinajstić information content (AvgIpc) is 2.53. The van der Waals surface area contributed by atoms with Crippen LogP contribution in [0.4, 0.5) is 4.39 Å². The molecular weight excluding hydrogens is 209 g/mol. The van der Waals surface area contributed by atoms with E-state index < -0.39 is 11.8 Å². The molecule has 0 saturated carbocycles. The zero-order chi connectivity index (χ0) is 11.9. The summed E-state index contributed by atoms with van der Waals surface area (Å²) >= 11 is 0. The van der Waals surface area contributed by atoms with Gasteiger partial charge in [0, 0.05) is 12.7 Å². The largest absolute Gasteiger partial charge is 0.478 e. The zero-order valence-electron chi connectivity index (χ0n) is 9.12. The molecule has 0 aliphatic carbocycles. The van der Waals surface area contributed by atoms with Crippen LogP contribution in [0.15, 0.2) is 18.2 Å². The number of hydrogen-bond acceptors (Lipinski definition) is 1.